The number of aryl methyl sites for hydroxylation is 1. The molecule has 0 saturated heterocycles. The fraction of sp³-hybridized carbons (Fsp3) is 0.286. The number of nitro groups is 1. The molecule has 0 aliphatic heterocycles. The zero-order valence-electron chi connectivity index (χ0n) is 12.3. The summed E-state index contributed by atoms with van der Waals surface area (Å²) < 4.78 is 6.55. The standard InChI is InChI=1S/C14H16N4O4/c1-3-17-9-15-7-11(17)8-16-12-6-10(14(19)22-2)4-5-13(12)18(20)21/h4-7,9,16H,3,8H2,1-2H3. The van der Waals surface area contributed by atoms with Crippen molar-refractivity contribution in [2.75, 3.05) is 12.4 Å². The number of hydrogen-bond acceptors (Lipinski definition) is 6. The van der Waals surface area contributed by atoms with Gasteiger partial charge in [-0.25, -0.2) is 9.78 Å². The number of nitrogens with zero attached hydrogens (tertiary/aromatic N) is 3. The zero-order valence-corrected chi connectivity index (χ0v) is 12.3. The smallest absolute Gasteiger partial charge is 0.337 e. The minimum atomic E-state index is -0.545. The molecule has 2 aromatic rings. The quantitative estimate of drug-likeness (QED) is 0.499. The highest BCUT2D eigenvalue weighted by molar-refractivity contribution is 5.91. The highest BCUT2D eigenvalue weighted by Crippen LogP contribution is 2.26. The van der Waals surface area contributed by atoms with Crippen LogP contribution in [0.4, 0.5) is 11.4 Å². The predicted molar refractivity (Wildman–Crippen MR) is 79.7 cm³/mol. The lowest BCUT2D eigenvalue weighted by atomic mass is 10.1. The average Bonchev–Trinajstić information content (AvgIpc) is 2.99. The van der Waals surface area contributed by atoms with E-state index in [2.05, 4.69) is 15.0 Å². The van der Waals surface area contributed by atoms with Crippen molar-refractivity contribution in [3.8, 4) is 0 Å². The van der Waals surface area contributed by atoms with Crippen LogP contribution in [-0.2, 0) is 17.8 Å². The van der Waals surface area contributed by atoms with E-state index in [1.807, 2.05) is 11.5 Å². The van der Waals surface area contributed by atoms with Crippen molar-refractivity contribution in [3.63, 3.8) is 0 Å². The van der Waals surface area contributed by atoms with Gasteiger partial charge in [0.15, 0.2) is 0 Å². The first-order chi connectivity index (χ1) is 10.6. The number of esters is 1. The Bertz CT molecular complexity index is 696. The molecule has 0 saturated carbocycles. The number of rotatable bonds is 6. The Balaban J connectivity index is 2.27. The lowest BCUT2D eigenvalue weighted by Gasteiger charge is -2.10. The normalized spacial score (nSPS) is 10.3. The third-order valence-corrected chi connectivity index (χ3v) is 3.21. The number of nitro benzene ring substituents is 1. The number of aromatic nitrogens is 2. The molecule has 22 heavy (non-hydrogen) atoms. The topological polar surface area (TPSA) is 99.3 Å². The molecule has 1 aromatic heterocycles. The first kappa shape index (κ1) is 15.5. The van der Waals surface area contributed by atoms with Crippen LogP contribution in [0.3, 0.4) is 0 Å². The summed E-state index contributed by atoms with van der Waals surface area (Å²) in [6, 6.07) is 4.06. The molecule has 1 heterocycles. The molecule has 0 amide bonds. The molecule has 0 aliphatic carbocycles. The van der Waals surface area contributed by atoms with E-state index in [1.165, 1.54) is 25.3 Å². The molecule has 2 rings (SSSR count). The largest absolute Gasteiger partial charge is 0.465 e. The number of benzene rings is 1. The minimum Gasteiger partial charge on any atom is -0.465 e. The lowest BCUT2D eigenvalue weighted by Crippen LogP contribution is -2.09. The van der Waals surface area contributed by atoms with Gasteiger partial charge in [-0.15, -0.1) is 0 Å². The van der Waals surface area contributed by atoms with Gasteiger partial charge >= 0.3 is 5.97 Å². The van der Waals surface area contributed by atoms with Crippen LogP contribution in [0, 0.1) is 10.1 Å². The van der Waals surface area contributed by atoms with E-state index in [9.17, 15) is 14.9 Å². The van der Waals surface area contributed by atoms with E-state index < -0.39 is 10.9 Å². The summed E-state index contributed by atoms with van der Waals surface area (Å²) in [6.07, 6.45) is 3.38. The van der Waals surface area contributed by atoms with Gasteiger partial charge in [0, 0.05) is 18.8 Å². The van der Waals surface area contributed by atoms with Gasteiger partial charge in [0.2, 0.25) is 0 Å². The van der Waals surface area contributed by atoms with E-state index in [-0.39, 0.29) is 16.9 Å². The maximum Gasteiger partial charge on any atom is 0.337 e. The molecule has 0 fully saturated rings. The minimum absolute atomic E-state index is 0.102. The Morgan fingerprint density at radius 1 is 1.50 bits per heavy atom. The van der Waals surface area contributed by atoms with Crippen LogP contribution in [-0.4, -0.2) is 27.6 Å². The maximum atomic E-state index is 11.5. The summed E-state index contributed by atoms with van der Waals surface area (Å²) in [5.41, 5.74) is 1.30. The van der Waals surface area contributed by atoms with Crippen molar-refractivity contribution >= 4 is 17.3 Å². The summed E-state index contributed by atoms with van der Waals surface area (Å²) in [6.45, 7) is 3.09. The molecule has 0 atom stereocenters. The van der Waals surface area contributed by atoms with Gasteiger partial charge in [-0.2, -0.15) is 0 Å². The zero-order chi connectivity index (χ0) is 16.1. The number of imidazole rings is 1. The average molecular weight is 304 g/mol. The van der Waals surface area contributed by atoms with E-state index in [0.717, 1.165) is 12.2 Å². The van der Waals surface area contributed by atoms with Gasteiger partial charge in [-0.3, -0.25) is 10.1 Å². The van der Waals surface area contributed by atoms with Gasteiger partial charge in [-0.05, 0) is 19.1 Å². The van der Waals surface area contributed by atoms with Crippen molar-refractivity contribution in [2.45, 2.75) is 20.0 Å². The van der Waals surface area contributed by atoms with E-state index in [4.69, 9.17) is 0 Å². The third kappa shape index (κ3) is 3.22. The predicted octanol–water partition coefficient (Wildman–Crippen LogP) is 2.21. The van der Waals surface area contributed by atoms with E-state index in [1.54, 1.807) is 12.5 Å². The van der Waals surface area contributed by atoms with Gasteiger partial charge in [-0.1, -0.05) is 0 Å². The Labute approximate surface area is 126 Å². The van der Waals surface area contributed by atoms with Gasteiger partial charge in [0.1, 0.15) is 5.69 Å². The molecule has 1 N–H and O–H groups in total. The van der Waals surface area contributed by atoms with Crippen molar-refractivity contribution in [1.29, 1.82) is 0 Å². The fourth-order valence-corrected chi connectivity index (χ4v) is 2.05. The second-order valence-electron chi connectivity index (χ2n) is 4.51. The number of ether oxygens (including phenoxy) is 1. The first-order valence-electron chi connectivity index (χ1n) is 6.66. The Morgan fingerprint density at radius 3 is 2.91 bits per heavy atom. The lowest BCUT2D eigenvalue weighted by molar-refractivity contribution is -0.384. The van der Waals surface area contributed by atoms with Crippen LogP contribution < -0.4 is 5.32 Å². The summed E-state index contributed by atoms with van der Waals surface area (Å²) in [5.74, 6) is -0.545. The van der Waals surface area contributed by atoms with Crippen LogP contribution in [0.1, 0.15) is 23.0 Å². The summed E-state index contributed by atoms with van der Waals surface area (Å²) >= 11 is 0. The molecule has 0 radical (unpaired) electrons. The number of methoxy groups -OCH3 is 1. The second-order valence-corrected chi connectivity index (χ2v) is 4.51. The number of nitrogens with one attached hydrogen (secondary N) is 1. The molecule has 8 nitrogen and oxygen atoms in total. The van der Waals surface area contributed by atoms with Gasteiger partial charge in [0.25, 0.3) is 5.69 Å². The van der Waals surface area contributed by atoms with Crippen molar-refractivity contribution in [2.24, 2.45) is 0 Å². The molecule has 1 aromatic carbocycles. The monoisotopic (exact) mass is 304 g/mol. The van der Waals surface area contributed by atoms with Gasteiger partial charge < -0.3 is 14.6 Å². The number of carbonyl (C=O) groups is 1. The number of carbonyl (C=O) groups excluding carboxylic acids is 1. The van der Waals surface area contributed by atoms with Crippen LogP contribution in [0.2, 0.25) is 0 Å². The van der Waals surface area contributed by atoms with Crippen molar-refractivity contribution < 1.29 is 14.5 Å². The van der Waals surface area contributed by atoms with Crippen molar-refractivity contribution in [3.05, 3.63) is 52.1 Å². The van der Waals surface area contributed by atoms with E-state index >= 15 is 0 Å². The fourth-order valence-electron chi connectivity index (χ4n) is 2.05. The Morgan fingerprint density at radius 2 is 2.27 bits per heavy atom. The summed E-state index contributed by atoms with van der Waals surface area (Å²) in [7, 11) is 1.26. The second kappa shape index (κ2) is 6.70. The maximum absolute atomic E-state index is 11.5. The molecule has 116 valence electrons. The highest BCUT2D eigenvalue weighted by Gasteiger charge is 2.17. The Kier molecular flexibility index (Phi) is 4.72. The number of hydrogen-bond donors (Lipinski definition) is 1. The molecule has 8 heteroatoms. The van der Waals surface area contributed by atoms with Crippen LogP contribution in [0.5, 0.6) is 0 Å². The third-order valence-electron chi connectivity index (χ3n) is 3.21. The van der Waals surface area contributed by atoms with Crippen molar-refractivity contribution in [1.82, 2.24) is 9.55 Å². The SMILES string of the molecule is CCn1cncc1CNc1cc(C(=O)OC)ccc1[N+](=O)[O-]. The Hall–Kier alpha value is -2.90. The molecular weight excluding hydrogens is 288 g/mol. The summed E-state index contributed by atoms with van der Waals surface area (Å²) in [4.78, 5) is 26.2. The van der Waals surface area contributed by atoms with Crippen LogP contribution in [0.15, 0.2) is 30.7 Å². The van der Waals surface area contributed by atoms with Gasteiger partial charge in [0.05, 0.1) is 36.2 Å². The first-order valence-corrected chi connectivity index (χ1v) is 6.66. The molecular formula is C14H16N4O4. The van der Waals surface area contributed by atoms with Crippen LogP contribution >= 0.6 is 0 Å². The summed E-state index contributed by atoms with van der Waals surface area (Å²) in [5, 5.41) is 14.1. The van der Waals surface area contributed by atoms with Crippen LogP contribution in [0.25, 0.3) is 0 Å². The highest BCUT2D eigenvalue weighted by atomic mass is 16.6. The molecule has 0 unspecified atom stereocenters. The molecule has 0 bridgehead atoms. The number of anilines is 1. The molecule has 0 spiro atoms. The molecule has 0 aliphatic rings. The van der Waals surface area contributed by atoms with E-state index in [0.29, 0.717) is 6.54 Å².